The van der Waals surface area contributed by atoms with Gasteiger partial charge >= 0.3 is 0 Å². The number of nitrogens with one attached hydrogen (secondary N) is 1. The molecule has 2 N–H and O–H groups in total. The van der Waals surface area contributed by atoms with Gasteiger partial charge in [-0.2, -0.15) is 0 Å². The number of fused-ring (bicyclic) bond motifs is 1. The molecule has 3 nitrogen and oxygen atoms in total. The van der Waals surface area contributed by atoms with Crippen molar-refractivity contribution in [2.45, 2.75) is 6.42 Å². The molecule has 0 aliphatic carbocycles. The number of hydrogen-bond acceptors (Lipinski definition) is 2. The number of aromatic amines is 1. The number of hydrogen-bond donors (Lipinski definition) is 2. The van der Waals surface area contributed by atoms with E-state index in [1.54, 1.807) is 24.4 Å². The molecule has 1 aromatic heterocycles. The zero-order chi connectivity index (χ0) is 14.7. The smallest absolute Gasteiger partial charge is 0.124 e. The van der Waals surface area contributed by atoms with Gasteiger partial charge in [0.1, 0.15) is 5.75 Å². The number of phenols is 1. The van der Waals surface area contributed by atoms with Crippen LogP contribution in [0.2, 0.25) is 5.02 Å². The fourth-order valence-electron chi connectivity index (χ4n) is 2.32. The normalized spacial score (nSPS) is 11.5. The van der Waals surface area contributed by atoms with Crippen LogP contribution in [0.4, 0.5) is 0 Å². The molecule has 4 heteroatoms. The second-order valence-corrected chi connectivity index (χ2v) is 5.28. The summed E-state index contributed by atoms with van der Waals surface area (Å²) in [5.74, 6) is 0.190. The van der Waals surface area contributed by atoms with Crippen LogP contribution in [0.3, 0.4) is 0 Å². The molecule has 0 spiro atoms. The number of aromatic nitrogens is 1. The van der Waals surface area contributed by atoms with E-state index in [1.807, 2.05) is 18.3 Å². The van der Waals surface area contributed by atoms with Gasteiger partial charge < -0.3 is 10.1 Å². The quantitative estimate of drug-likeness (QED) is 0.697. The van der Waals surface area contributed by atoms with Gasteiger partial charge in [0.05, 0.1) is 0 Å². The number of H-pyrrole nitrogens is 1. The number of aromatic hydroxyl groups is 1. The summed E-state index contributed by atoms with van der Waals surface area (Å²) < 4.78 is 0. The van der Waals surface area contributed by atoms with Crippen molar-refractivity contribution >= 4 is 28.7 Å². The van der Waals surface area contributed by atoms with E-state index in [1.165, 1.54) is 10.9 Å². The Morgan fingerprint density at radius 3 is 2.95 bits per heavy atom. The molecule has 0 saturated carbocycles. The van der Waals surface area contributed by atoms with Crippen molar-refractivity contribution in [3.8, 4) is 5.75 Å². The number of aliphatic imine (C=N–C) groups is 1. The lowest BCUT2D eigenvalue weighted by Gasteiger charge is -1.99. The monoisotopic (exact) mass is 298 g/mol. The minimum atomic E-state index is 0.190. The van der Waals surface area contributed by atoms with Crippen LogP contribution >= 0.6 is 11.6 Å². The molecule has 106 valence electrons. The van der Waals surface area contributed by atoms with E-state index in [9.17, 15) is 5.11 Å². The number of phenolic OH excluding ortho intramolecular Hbond substituents is 1. The van der Waals surface area contributed by atoms with Crippen LogP contribution < -0.4 is 0 Å². The molecule has 0 fully saturated rings. The van der Waals surface area contributed by atoms with Crippen LogP contribution in [0, 0.1) is 0 Å². The van der Waals surface area contributed by atoms with Gasteiger partial charge in [0.25, 0.3) is 0 Å². The molecule has 21 heavy (non-hydrogen) atoms. The molecule has 0 bridgehead atoms. The minimum Gasteiger partial charge on any atom is -0.507 e. The highest BCUT2D eigenvalue weighted by Gasteiger charge is 2.02. The SMILES string of the molecule is Oc1ccc(Cl)cc1C=NCCc1c[nH]c2ccccc12. The van der Waals surface area contributed by atoms with Crippen molar-refractivity contribution in [3.63, 3.8) is 0 Å². The van der Waals surface area contributed by atoms with Gasteiger partial charge in [-0.1, -0.05) is 29.8 Å². The van der Waals surface area contributed by atoms with Crippen molar-refractivity contribution in [1.29, 1.82) is 0 Å². The maximum Gasteiger partial charge on any atom is 0.124 e. The Kier molecular flexibility index (Phi) is 3.93. The third-order valence-electron chi connectivity index (χ3n) is 3.41. The molecular weight excluding hydrogens is 284 g/mol. The highest BCUT2D eigenvalue weighted by atomic mass is 35.5. The fraction of sp³-hybridized carbons (Fsp3) is 0.118. The highest BCUT2D eigenvalue weighted by molar-refractivity contribution is 6.30. The van der Waals surface area contributed by atoms with Gasteiger partial charge in [0.15, 0.2) is 0 Å². The average molecular weight is 299 g/mol. The van der Waals surface area contributed by atoms with E-state index in [0.29, 0.717) is 17.1 Å². The van der Waals surface area contributed by atoms with Crippen molar-refractivity contribution in [1.82, 2.24) is 4.98 Å². The van der Waals surface area contributed by atoms with Gasteiger partial charge in [0, 0.05) is 40.4 Å². The summed E-state index contributed by atoms with van der Waals surface area (Å²) in [6.45, 7) is 0.661. The van der Waals surface area contributed by atoms with Crippen LogP contribution in [0.25, 0.3) is 10.9 Å². The first-order valence-electron chi connectivity index (χ1n) is 6.77. The summed E-state index contributed by atoms with van der Waals surface area (Å²) in [6.07, 6.45) is 4.54. The molecule has 1 heterocycles. The van der Waals surface area contributed by atoms with E-state index < -0.39 is 0 Å². The van der Waals surface area contributed by atoms with Crippen LogP contribution in [0.15, 0.2) is 53.7 Å². The lowest BCUT2D eigenvalue weighted by Crippen LogP contribution is -1.90. The number of nitrogens with zero attached hydrogens (tertiary/aromatic N) is 1. The van der Waals surface area contributed by atoms with E-state index >= 15 is 0 Å². The summed E-state index contributed by atoms with van der Waals surface area (Å²) in [7, 11) is 0. The summed E-state index contributed by atoms with van der Waals surface area (Å²) in [5, 5.41) is 11.5. The van der Waals surface area contributed by atoms with Crippen LogP contribution in [0.1, 0.15) is 11.1 Å². The van der Waals surface area contributed by atoms with Crippen molar-refractivity contribution in [2.24, 2.45) is 4.99 Å². The number of halogens is 1. The van der Waals surface area contributed by atoms with Gasteiger partial charge in [-0.3, -0.25) is 4.99 Å². The lowest BCUT2D eigenvalue weighted by molar-refractivity contribution is 0.474. The van der Waals surface area contributed by atoms with E-state index in [0.717, 1.165) is 11.9 Å². The minimum absolute atomic E-state index is 0.190. The van der Waals surface area contributed by atoms with Gasteiger partial charge in [-0.25, -0.2) is 0 Å². The summed E-state index contributed by atoms with van der Waals surface area (Å²) in [6, 6.07) is 13.1. The Balaban J connectivity index is 1.68. The zero-order valence-corrected chi connectivity index (χ0v) is 12.1. The molecule has 0 radical (unpaired) electrons. The molecular formula is C17H15ClN2O. The highest BCUT2D eigenvalue weighted by Crippen LogP contribution is 2.20. The Morgan fingerprint density at radius 2 is 2.05 bits per heavy atom. The molecule has 0 aliphatic rings. The second kappa shape index (κ2) is 6.02. The van der Waals surface area contributed by atoms with Crippen LogP contribution in [-0.2, 0) is 6.42 Å². The molecule has 0 aliphatic heterocycles. The Hall–Kier alpha value is -2.26. The maximum absolute atomic E-state index is 9.70. The molecule has 2 aromatic carbocycles. The third kappa shape index (κ3) is 3.09. The predicted octanol–water partition coefficient (Wildman–Crippen LogP) is 4.19. The number of para-hydroxylation sites is 1. The summed E-state index contributed by atoms with van der Waals surface area (Å²) in [5.41, 5.74) is 3.03. The maximum atomic E-state index is 9.70. The van der Waals surface area contributed by atoms with Gasteiger partial charge in [-0.15, -0.1) is 0 Å². The van der Waals surface area contributed by atoms with Crippen molar-refractivity contribution in [3.05, 3.63) is 64.8 Å². The lowest BCUT2D eigenvalue weighted by atomic mass is 10.1. The van der Waals surface area contributed by atoms with Crippen molar-refractivity contribution < 1.29 is 5.11 Å². The third-order valence-corrected chi connectivity index (χ3v) is 3.64. The molecule has 0 saturated heterocycles. The average Bonchev–Trinajstić information content (AvgIpc) is 2.90. The number of rotatable bonds is 4. The molecule has 0 unspecified atom stereocenters. The Bertz CT molecular complexity index is 792. The molecule has 0 atom stereocenters. The summed E-state index contributed by atoms with van der Waals surface area (Å²) >= 11 is 5.90. The first kappa shape index (κ1) is 13.7. The topological polar surface area (TPSA) is 48.4 Å². The fourth-order valence-corrected chi connectivity index (χ4v) is 2.50. The Morgan fingerprint density at radius 1 is 1.19 bits per heavy atom. The molecule has 3 rings (SSSR count). The van der Waals surface area contributed by atoms with E-state index in [2.05, 4.69) is 22.1 Å². The standard InChI is InChI=1S/C17H15ClN2O/c18-14-5-6-17(21)13(9-14)10-19-8-7-12-11-20-16-4-2-1-3-15(12)16/h1-6,9-11,20-21H,7-8H2. The molecule has 3 aromatic rings. The first-order chi connectivity index (χ1) is 10.2. The predicted molar refractivity (Wildman–Crippen MR) is 87.6 cm³/mol. The van der Waals surface area contributed by atoms with E-state index in [-0.39, 0.29) is 5.75 Å². The van der Waals surface area contributed by atoms with Gasteiger partial charge in [0.2, 0.25) is 0 Å². The van der Waals surface area contributed by atoms with Crippen LogP contribution in [-0.4, -0.2) is 22.8 Å². The second-order valence-electron chi connectivity index (χ2n) is 4.85. The van der Waals surface area contributed by atoms with E-state index in [4.69, 9.17) is 11.6 Å². The Labute approximate surface area is 127 Å². The van der Waals surface area contributed by atoms with Crippen LogP contribution in [0.5, 0.6) is 5.75 Å². The number of benzene rings is 2. The van der Waals surface area contributed by atoms with Crippen molar-refractivity contribution in [2.75, 3.05) is 6.54 Å². The molecule has 0 amide bonds. The van der Waals surface area contributed by atoms with Gasteiger partial charge in [-0.05, 0) is 36.2 Å². The largest absolute Gasteiger partial charge is 0.507 e. The zero-order valence-electron chi connectivity index (χ0n) is 11.4. The summed E-state index contributed by atoms with van der Waals surface area (Å²) in [4.78, 5) is 7.62. The first-order valence-corrected chi connectivity index (χ1v) is 7.15.